The minimum absolute atomic E-state index is 0.00204. The summed E-state index contributed by atoms with van der Waals surface area (Å²) >= 11 is 0. The molecule has 5 nitrogen and oxygen atoms in total. The first-order chi connectivity index (χ1) is 8.13. The Morgan fingerprint density at radius 3 is 2.59 bits per heavy atom. The zero-order valence-corrected chi connectivity index (χ0v) is 10.4. The summed E-state index contributed by atoms with van der Waals surface area (Å²) in [4.78, 5) is 22.7. The van der Waals surface area contributed by atoms with Crippen LogP contribution in [0.4, 0.5) is 0 Å². The highest BCUT2D eigenvalue weighted by molar-refractivity contribution is 5.84. The van der Waals surface area contributed by atoms with Gasteiger partial charge in [-0.05, 0) is 19.3 Å². The van der Waals surface area contributed by atoms with Crippen molar-refractivity contribution in [1.82, 2.24) is 10.6 Å². The number of aliphatic hydroxyl groups is 1. The smallest absolute Gasteiger partial charge is 0.239 e. The number of carbonyl (C=O) groups is 2. The summed E-state index contributed by atoms with van der Waals surface area (Å²) < 4.78 is 0. The molecule has 0 spiro atoms. The van der Waals surface area contributed by atoms with Crippen LogP contribution in [0.5, 0.6) is 0 Å². The lowest BCUT2D eigenvalue weighted by molar-refractivity contribution is -0.127. The van der Waals surface area contributed by atoms with Crippen molar-refractivity contribution >= 4 is 11.8 Å². The van der Waals surface area contributed by atoms with Crippen LogP contribution in [0.15, 0.2) is 0 Å². The van der Waals surface area contributed by atoms with Crippen LogP contribution in [0.2, 0.25) is 0 Å². The standard InChI is InChI=1S/C12H22N2O3/c1-2-5-11(16)13-8-12(17)14-9-6-3-4-7-10(9)15/h9-10,15H,2-8H2,1H3,(H,13,16)(H,14,17). The van der Waals surface area contributed by atoms with Gasteiger partial charge in [0.2, 0.25) is 11.8 Å². The molecule has 17 heavy (non-hydrogen) atoms. The molecule has 0 aromatic heterocycles. The van der Waals surface area contributed by atoms with Gasteiger partial charge < -0.3 is 15.7 Å². The van der Waals surface area contributed by atoms with E-state index in [9.17, 15) is 14.7 Å². The Labute approximate surface area is 102 Å². The molecule has 0 aliphatic heterocycles. The predicted octanol–water partition coefficient (Wildman–Crippen LogP) is 0.322. The molecule has 0 aromatic rings. The Morgan fingerprint density at radius 1 is 1.24 bits per heavy atom. The third kappa shape index (κ3) is 5.17. The molecule has 0 radical (unpaired) electrons. The maximum atomic E-state index is 11.5. The molecule has 0 bridgehead atoms. The fourth-order valence-electron chi connectivity index (χ4n) is 2.03. The van der Waals surface area contributed by atoms with Crippen molar-refractivity contribution in [2.24, 2.45) is 0 Å². The number of rotatable bonds is 5. The lowest BCUT2D eigenvalue weighted by Crippen LogP contribution is -2.48. The van der Waals surface area contributed by atoms with E-state index in [0.717, 1.165) is 32.1 Å². The van der Waals surface area contributed by atoms with Gasteiger partial charge in [-0.2, -0.15) is 0 Å². The zero-order valence-electron chi connectivity index (χ0n) is 10.4. The van der Waals surface area contributed by atoms with Crippen LogP contribution in [0.25, 0.3) is 0 Å². The van der Waals surface area contributed by atoms with E-state index in [1.54, 1.807) is 0 Å². The van der Waals surface area contributed by atoms with E-state index < -0.39 is 6.10 Å². The van der Waals surface area contributed by atoms with Gasteiger partial charge in [-0.3, -0.25) is 9.59 Å². The average Bonchev–Trinajstić information content (AvgIpc) is 2.30. The molecule has 1 saturated carbocycles. The van der Waals surface area contributed by atoms with E-state index in [1.165, 1.54) is 0 Å². The average molecular weight is 242 g/mol. The molecule has 1 aliphatic rings. The van der Waals surface area contributed by atoms with Gasteiger partial charge in [0.1, 0.15) is 0 Å². The van der Waals surface area contributed by atoms with E-state index in [4.69, 9.17) is 0 Å². The first-order valence-corrected chi connectivity index (χ1v) is 6.37. The summed E-state index contributed by atoms with van der Waals surface area (Å²) in [6, 6.07) is -0.153. The molecular formula is C12H22N2O3. The largest absolute Gasteiger partial charge is 0.391 e. The summed E-state index contributed by atoms with van der Waals surface area (Å²) in [6.45, 7) is 1.92. The Kier molecular flexibility index (Phi) is 5.97. The van der Waals surface area contributed by atoms with Crippen LogP contribution in [0.1, 0.15) is 45.4 Å². The predicted molar refractivity (Wildman–Crippen MR) is 64.3 cm³/mol. The third-order valence-corrected chi connectivity index (χ3v) is 3.00. The minimum Gasteiger partial charge on any atom is -0.391 e. The zero-order chi connectivity index (χ0) is 12.7. The summed E-state index contributed by atoms with van der Waals surface area (Å²) in [5, 5.41) is 15.0. The topological polar surface area (TPSA) is 78.4 Å². The van der Waals surface area contributed by atoms with Crippen LogP contribution < -0.4 is 10.6 Å². The quantitative estimate of drug-likeness (QED) is 0.650. The van der Waals surface area contributed by atoms with E-state index in [1.807, 2.05) is 6.92 Å². The monoisotopic (exact) mass is 242 g/mol. The second-order valence-electron chi connectivity index (χ2n) is 4.55. The van der Waals surface area contributed by atoms with Gasteiger partial charge in [0.25, 0.3) is 0 Å². The van der Waals surface area contributed by atoms with Crippen molar-refractivity contribution in [3.8, 4) is 0 Å². The number of hydrogen-bond donors (Lipinski definition) is 3. The van der Waals surface area contributed by atoms with Crippen molar-refractivity contribution in [2.75, 3.05) is 6.54 Å². The lowest BCUT2D eigenvalue weighted by atomic mass is 9.92. The van der Waals surface area contributed by atoms with Crippen LogP contribution in [-0.4, -0.2) is 35.6 Å². The molecular weight excluding hydrogens is 220 g/mol. The van der Waals surface area contributed by atoms with Crippen LogP contribution in [0.3, 0.4) is 0 Å². The van der Waals surface area contributed by atoms with Gasteiger partial charge in [-0.1, -0.05) is 19.8 Å². The van der Waals surface area contributed by atoms with Gasteiger partial charge in [0.15, 0.2) is 0 Å². The van der Waals surface area contributed by atoms with E-state index in [-0.39, 0.29) is 24.4 Å². The van der Waals surface area contributed by atoms with E-state index >= 15 is 0 Å². The molecule has 1 rings (SSSR count). The molecule has 2 amide bonds. The Morgan fingerprint density at radius 2 is 1.94 bits per heavy atom. The fourth-order valence-corrected chi connectivity index (χ4v) is 2.03. The number of amides is 2. The van der Waals surface area contributed by atoms with Gasteiger partial charge in [-0.15, -0.1) is 0 Å². The normalized spacial score (nSPS) is 24.1. The molecule has 5 heteroatoms. The number of aliphatic hydroxyl groups excluding tert-OH is 1. The maximum Gasteiger partial charge on any atom is 0.239 e. The molecule has 2 atom stereocenters. The summed E-state index contributed by atoms with van der Waals surface area (Å²) in [6.07, 6.45) is 4.38. The molecule has 0 heterocycles. The molecule has 98 valence electrons. The second-order valence-corrected chi connectivity index (χ2v) is 4.55. The summed E-state index contributed by atoms with van der Waals surface area (Å²) in [5.41, 5.74) is 0. The van der Waals surface area contributed by atoms with Crippen molar-refractivity contribution in [3.63, 3.8) is 0 Å². The number of hydrogen-bond acceptors (Lipinski definition) is 3. The Balaban J connectivity index is 2.22. The number of nitrogens with one attached hydrogen (secondary N) is 2. The van der Waals surface area contributed by atoms with E-state index in [2.05, 4.69) is 10.6 Å². The molecule has 2 unspecified atom stereocenters. The van der Waals surface area contributed by atoms with E-state index in [0.29, 0.717) is 6.42 Å². The first kappa shape index (κ1) is 14.0. The molecule has 0 aromatic carbocycles. The highest BCUT2D eigenvalue weighted by atomic mass is 16.3. The van der Waals surface area contributed by atoms with Crippen molar-refractivity contribution in [1.29, 1.82) is 0 Å². The minimum atomic E-state index is -0.445. The van der Waals surface area contributed by atoms with Gasteiger partial charge in [0, 0.05) is 6.42 Å². The van der Waals surface area contributed by atoms with Crippen molar-refractivity contribution < 1.29 is 14.7 Å². The lowest BCUT2D eigenvalue weighted by Gasteiger charge is -2.28. The number of carbonyl (C=O) groups excluding carboxylic acids is 2. The molecule has 0 saturated heterocycles. The van der Waals surface area contributed by atoms with Crippen molar-refractivity contribution in [3.05, 3.63) is 0 Å². The Bertz CT molecular complexity index is 268. The maximum absolute atomic E-state index is 11.5. The molecule has 1 fully saturated rings. The highest BCUT2D eigenvalue weighted by Gasteiger charge is 2.24. The summed E-state index contributed by atoms with van der Waals surface area (Å²) in [5.74, 6) is -0.327. The van der Waals surface area contributed by atoms with Gasteiger partial charge >= 0.3 is 0 Å². The van der Waals surface area contributed by atoms with Gasteiger partial charge in [-0.25, -0.2) is 0 Å². The van der Waals surface area contributed by atoms with Crippen LogP contribution in [-0.2, 0) is 9.59 Å². The SMILES string of the molecule is CCCC(=O)NCC(=O)NC1CCCCC1O. The summed E-state index contributed by atoms with van der Waals surface area (Å²) in [7, 11) is 0. The van der Waals surface area contributed by atoms with Crippen LogP contribution in [0, 0.1) is 0 Å². The van der Waals surface area contributed by atoms with Gasteiger partial charge in [0.05, 0.1) is 18.7 Å². The Hall–Kier alpha value is -1.10. The highest BCUT2D eigenvalue weighted by Crippen LogP contribution is 2.17. The van der Waals surface area contributed by atoms with Crippen molar-refractivity contribution in [2.45, 2.75) is 57.6 Å². The first-order valence-electron chi connectivity index (χ1n) is 6.37. The fraction of sp³-hybridized carbons (Fsp3) is 0.833. The van der Waals surface area contributed by atoms with Crippen LogP contribution >= 0.6 is 0 Å². The molecule has 3 N–H and O–H groups in total. The third-order valence-electron chi connectivity index (χ3n) is 3.00. The second kappa shape index (κ2) is 7.27. The molecule has 1 aliphatic carbocycles.